The maximum Gasteiger partial charge on any atom is 0.306 e. The molecule has 476 valence electrons. The van der Waals surface area contributed by atoms with Crippen molar-refractivity contribution in [3.05, 3.63) is 72.9 Å². The molecule has 0 aromatic rings. The van der Waals surface area contributed by atoms with E-state index in [0.717, 1.165) is 103 Å². The molecule has 0 fully saturated rings. The van der Waals surface area contributed by atoms with Crippen molar-refractivity contribution in [3.8, 4) is 0 Å². The number of unbranched alkanes of at least 4 members (excludes halogenated alkanes) is 43. The summed E-state index contributed by atoms with van der Waals surface area (Å²) >= 11 is 0. The quantitative estimate of drug-likeness (QED) is 0.0261. The van der Waals surface area contributed by atoms with E-state index in [9.17, 15) is 14.4 Å². The second-order valence-electron chi connectivity index (χ2n) is 24.1. The Morgan fingerprint density at radius 3 is 0.744 bits per heavy atom. The van der Waals surface area contributed by atoms with Crippen LogP contribution in [0.25, 0.3) is 0 Å². The van der Waals surface area contributed by atoms with Gasteiger partial charge in [0.1, 0.15) is 13.2 Å². The molecule has 0 radical (unpaired) electrons. The molecule has 1 atom stereocenters. The average Bonchev–Trinajstić information content (AvgIpc) is 3.47. The second-order valence-corrected chi connectivity index (χ2v) is 24.1. The van der Waals surface area contributed by atoms with E-state index in [1.54, 1.807) is 0 Å². The highest BCUT2D eigenvalue weighted by molar-refractivity contribution is 5.71. The molecular weight excluding hydrogens is 1010 g/mol. The van der Waals surface area contributed by atoms with Gasteiger partial charge in [-0.25, -0.2) is 0 Å². The topological polar surface area (TPSA) is 78.9 Å². The lowest BCUT2D eigenvalue weighted by Crippen LogP contribution is -2.30. The van der Waals surface area contributed by atoms with Gasteiger partial charge in [-0.05, 0) is 70.6 Å². The smallest absolute Gasteiger partial charge is 0.306 e. The first kappa shape index (κ1) is 78.8. The van der Waals surface area contributed by atoms with Crippen LogP contribution in [0.5, 0.6) is 0 Å². The number of carbonyl (C=O) groups is 3. The largest absolute Gasteiger partial charge is 0.462 e. The summed E-state index contributed by atoms with van der Waals surface area (Å²) in [6, 6.07) is 0. The molecule has 0 heterocycles. The van der Waals surface area contributed by atoms with Crippen LogP contribution in [0.4, 0.5) is 0 Å². The Bertz CT molecular complexity index is 1500. The summed E-state index contributed by atoms with van der Waals surface area (Å²) in [6.07, 6.45) is 92.2. The van der Waals surface area contributed by atoms with Crippen LogP contribution < -0.4 is 0 Å². The third-order valence-electron chi connectivity index (χ3n) is 16.0. The van der Waals surface area contributed by atoms with Gasteiger partial charge in [0.2, 0.25) is 0 Å². The van der Waals surface area contributed by atoms with Gasteiger partial charge < -0.3 is 14.2 Å². The number of hydrogen-bond acceptors (Lipinski definition) is 6. The minimum Gasteiger partial charge on any atom is -0.462 e. The molecule has 0 aliphatic heterocycles. The van der Waals surface area contributed by atoms with Crippen LogP contribution in [0.3, 0.4) is 0 Å². The Morgan fingerprint density at radius 2 is 0.476 bits per heavy atom. The highest BCUT2D eigenvalue weighted by Crippen LogP contribution is 2.18. The SMILES string of the molecule is CC/C=C\C/C=C\C/C=C\C/C=C\C/C=C\C/C=C\CCCCCCCCCCC(=O)OCC(COC(=O)CCCCCCCCCCCCCCC)OC(=O)CCCCCCCCCCCCCCCCCCCCCCCCCC. The zero-order valence-corrected chi connectivity index (χ0v) is 54.8. The Labute approximate surface area is 510 Å². The molecule has 6 heteroatoms. The van der Waals surface area contributed by atoms with Gasteiger partial charge in [0, 0.05) is 19.3 Å². The zero-order valence-electron chi connectivity index (χ0n) is 54.8. The van der Waals surface area contributed by atoms with E-state index in [2.05, 4.69) is 93.7 Å². The highest BCUT2D eigenvalue weighted by Gasteiger charge is 2.19. The third-order valence-corrected chi connectivity index (χ3v) is 16.0. The fourth-order valence-corrected chi connectivity index (χ4v) is 10.6. The zero-order chi connectivity index (χ0) is 59.2. The van der Waals surface area contributed by atoms with Crippen LogP contribution in [-0.4, -0.2) is 37.2 Å². The number of ether oxygens (including phenoxy) is 3. The maximum absolute atomic E-state index is 13.0. The third kappa shape index (κ3) is 67.6. The second kappa shape index (κ2) is 70.3. The predicted octanol–water partition coefficient (Wildman–Crippen LogP) is 24.8. The summed E-state index contributed by atoms with van der Waals surface area (Å²) in [7, 11) is 0. The molecule has 0 aromatic carbocycles. The van der Waals surface area contributed by atoms with Crippen LogP contribution in [0.1, 0.15) is 374 Å². The summed E-state index contributed by atoms with van der Waals surface area (Å²) in [5.41, 5.74) is 0. The average molecular weight is 1150 g/mol. The molecule has 0 spiro atoms. The number of esters is 3. The molecule has 0 N–H and O–H groups in total. The lowest BCUT2D eigenvalue weighted by Gasteiger charge is -2.18. The molecule has 6 nitrogen and oxygen atoms in total. The van der Waals surface area contributed by atoms with E-state index < -0.39 is 6.10 Å². The van der Waals surface area contributed by atoms with Gasteiger partial charge in [-0.3, -0.25) is 14.4 Å². The molecular formula is C76H136O6. The molecule has 0 saturated carbocycles. The molecule has 0 saturated heterocycles. The normalized spacial score (nSPS) is 12.5. The minimum atomic E-state index is -0.777. The molecule has 0 aliphatic carbocycles. The van der Waals surface area contributed by atoms with Gasteiger partial charge in [-0.15, -0.1) is 0 Å². The summed E-state index contributed by atoms with van der Waals surface area (Å²) in [5, 5.41) is 0. The van der Waals surface area contributed by atoms with Crippen LogP contribution in [0, 0.1) is 0 Å². The van der Waals surface area contributed by atoms with Gasteiger partial charge in [-0.2, -0.15) is 0 Å². The van der Waals surface area contributed by atoms with Gasteiger partial charge >= 0.3 is 17.9 Å². The first-order chi connectivity index (χ1) is 40.5. The van der Waals surface area contributed by atoms with Crippen LogP contribution in [-0.2, 0) is 28.6 Å². The Kier molecular flexibility index (Phi) is 67.6. The van der Waals surface area contributed by atoms with Crippen LogP contribution in [0.2, 0.25) is 0 Å². The van der Waals surface area contributed by atoms with E-state index in [4.69, 9.17) is 14.2 Å². The molecule has 0 aliphatic rings. The number of allylic oxidation sites excluding steroid dienone is 12. The molecule has 0 bridgehead atoms. The summed E-state index contributed by atoms with van der Waals surface area (Å²) in [5.74, 6) is -0.856. The van der Waals surface area contributed by atoms with Crippen LogP contribution >= 0.6 is 0 Å². The highest BCUT2D eigenvalue weighted by atomic mass is 16.6. The molecule has 0 aromatic heterocycles. The van der Waals surface area contributed by atoms with Crippen molar-refractivity contribution in [2.75, 3.05) is 13.2 Å². The fourth-order valence-electron chi connectivity index (χ4n) is 10.6. The summed E-state index contributed by atoms with van der Waals surface area (Å²) in [4.78, 5) is 38.5. The van der Waals surface area contributed by atoms with E-state index in [1.165, 1.54) is 231 Å². The lowest BCUT2D eigenvalue weighted by molar-refractivity contribution is -0.167. The number of hydrogen-bond donors (Lipinski definition) is 0. The number of rotatable bonds is 66. The summed E-state index contributed by atoms with van der Waals surface area (Å²) in [6.45, 7) is 6.58. The van der Waals surface area contributed by atoms with Crippen molar-refractivity contribution < 1.29 is 28.6 Å². The van der Waals surface area contributed by atoms with E-state index in [-0.39, 0.29) is 31.1 Å². The van der Waals surface area contributed by atoms with E-state index >= 15 is 0 Å². The Balaban J connectivity index is 4.27. The standard InChI is InChI=1S/C76H136O6/c1-4-7-10-13-16-19-22-25-27-29-31-33-35-37-38-39-41-42-44-46-48-51-54-57-60-63-66-69-75(78)81-72-73(71-80-74(77)68-65-62-59-56-53-50-24-21-18-15-12-9-6-3)82-76(79)70-67-64-61-58-55-52-49-47-45-43-40-36-34-32-30-28-26-23-20-17-14-11-8-5-2/h7,10,16,19,25,27,31,33,37-38,41-42,73H,4-6,8-9,11-15,17-18,20-24,26,28-30,32,34-36,39-40,43-72H2,1-3H3/b10-7-,19-16-,27-25-,33-31-,38-37-,42-41-. The minimum absolute atomic E-state index is 0.0723. The van der Waals surface area contributed by atoms with Crippen molar-refractivity contribution in [3.63, 3.8) is 0 Å². The van der Waals surface area contributed by atoms with Gasteiger partial charge in [-0.1, -0.05) is 357 Å². The maximum atomic E-state index is 13.0. The Morgan fingerprint density at radius 1 is 0.256 bits per heavy atom. The fraction of sp³-hybridized carbons (Fsp3) is 0.803. The van der Waals surface area contributed by atoms with Crippen LogP contribution in [0.15, 0.2) is 72.9 Å². The summed E-state index contributed by atoms with van der Waals surface area (Å²) < 4.78 is 17.0. The molecule has 82 heavy (non-hydrogen) atoms. The number of carbonyl (C=O) groups excluding carboxylic acids is 3. The van der Waals surface area contributed by atoms with E-state index in [1.807, 2.05) is 0 Å². The van der Waals surface area contributed by atoms with E-state index in [0.29, 0.717) is 19.3 Å². The first-order valence-electron chi connectivity index (χ1n) is 35.9. The van der Waals surface area contributed by atoms with Gasteiger partial charge in [0.25, 0.3) is 0 Å². The lowest BCUT2D eigenvalue weighted by atomic mass is 10.0. The predicted molar refractivity (Wildman–Crippen MR) is 358 cm³/mol. The van der Waals surface area contributed by atoms with Crippen molar-refractivity contribution in [1.29, 1.82) is 0 Å². The Hall–Kier alpha value is -3.15. The molecule has 0 rings (SSSR count). The van der Waals surface area contributed by atoms with Crippen molar-refractivity contribution in [2.24, 2.45) is 0 Å². The monoisotopic (exact) mass is 1150 g/mol. The molecule has 1 unspecified atom stereocenters. The van der Waals surface area contributed by atoms with Gasteiger partial charge in [0.15, 0.2) is 6.10 Å². The first-order valence-corrected chi connectivity index (χ1v) is 35.9. The van der Waals surface area contributed by atoms with Crippen molar-refractivity contribution in [1.82, 2.24) is 0 Å². The van der Waals surface area contributed by atoms with Gasteiger partial charge in [0.05, 0.1) is 0 Å². The van der Waals surface area contributed by atoms with Crippen molar-refractivity contribution >= 4 is 17.9 Å². The van der Waals surface area contributed by atoms with Crippen molar-refractivity contribution in [2.45, 2.75) is 380 Å². The molecule has 0 amide bonds.